The maximum Gasteiger partial charge on any atom is 0.230 e. The number of rotatable bonds is 4. The van der Waals surface area contributed by atoms with Gasteiger partial charge in [-0.25, -0.2) is 0 Å². The zero-order valence-electron chi connectivity index (χ0n) is 11.2. The average molecular weight is 326 g/mol. The molecule has 0 radical (unpaired) electrons. The van der Waals surface area contributed by atoms with E-state index in [1.165, 1.54) is 0 Å². The molecule has 0 aromatic heterocycles. The summed E-state index contributed by atoms with van der Waals surface area (Å²) in [4.78, 5) is 12.6. The van der Waals surface area contributed by atoms with Crippen molar-refractivity contribution in [3.8, 4) is 0 Å². The maximum atomic E-state index is 12.6. The largest absolute Gasteiger partial charge is 0.394 e. The molecule has 1 fully saturated rings. The minimum absolute atomic E-state index is 0.0275. The summed E-state index contributed by atoms with van der Waals surface area (Å²) in [6.07, 6.45) is 3.92. The van der Waals surface area contributed by atoms with Crippen molar-refractivity contribution < 1.29 is 9.90 Å². The Labute approximate surface area is 122 Å². The Kier molecular flexibility index (Phi) is 4.63. The Morgan fingerprint density at radius 1 is 1.47 bits per heavy atom. The van der Waals surface area contributed by atoms with Crippen LogP contribution in [0.15, 0.2) is 28.7 Å². The highest BCUT2D eigenvalue weighted by molar-refractivity contribution is 9.10. The van der Waals surface area contributed by atoms with Crippen molar-refractivity contribution in [2.24, 2.45) is 0 Å². The fourth-order valence-electron chi connectivity index (χ4n) is 2.82. The van der Waals surface area contributed by atoms with Crippen molar-refractivity contribution >= 4 is 21.8 Å². The standard InChI is InChI=1S/C15H20BrNO2/c1-11(10-18)17-14(19)15(7-2-3-8-15)12-5-4-6-13(16)9-12/h4-6,9,11,18H,2-3,7-8,10H2,1H3,(H,17,19). The van der Waals surface area contributed by atoms with Gasteiger partial charge in [0.25, 0.3) is 0 Å². The number of nitrogens with one attached hydrogen (secondary N) is 1. The van der Waals surface area contributed by atoms with Crippen LogP contribution >= 0.6 is 15.9 Å². The molecule has 1 aliphatic carbocycles. The summed E-state index contributed by atoms with van der Waals surface area (Å²) >= 11 is 3.48. The van der Waals surface area contributed by atoms with Crippen LogP contribution in [0.2, 0.25) is 0 Å². The SMILES string of the molecule is CC(CO)NC(=O)C1(c2cccc(Br)c2)CCCC1. The molecular weight excluding hydrogens is 306 g/mol. The quantitative estimate of drug-likeness (QED) is 0.894. The van der Waals surface area contributed by atoms with Gasteiger partial charge in [-0.1, -0.05) is 40.9 Å². The van der Waals surface area contributed by atoms with Crippen LogP contribution in [-0.2, 0) is 10.2 Å². The van der Waals surface area contributed by atoms with E-state index in [0.717, 1.165) is 35.7 Å². The van der Waals surface area contributed by atoms with Crippen LogP contribution in [0.3, 0.4) is 0 Å². The van der Waals surface area contributed by atoms with Gasteiger partial charge in [0, 0.05) is 10.5 Å². The molecule has 0 bridgehead atoms. The highest BCUT2D eigenvalue weighted by Crippen LogP contribution is 2.42. The van der Waals surface area contributed by atoms with E-state index in [1.807, 2.05) is 31.2 Å². The molecule has 104 valence electrons. The second kappa shape index (κ2) is 6.06. The molecule has 1 aromatic carbocycles. The van der Waals surface area contributed by atoms with Crippen LogP contribution in [0.1, 0.15) is 38.2 Å². The number of aliphatic hydroxyl groups excluding tert-OH is 1. The van der Waals surface area contributed by atoms with Crippen LogP contribution in [0.25, 0.3) is 0 Å². The number of hydrogen-bond donors (Lipinski definition) is 2. The lowest BCUT2D eigenvalue weighted by molar-refractivity contribution is -0.127. The lowest BCUT2D eigenvalue weighted by Gasteiger charge is -2.30. The third-order valence-electron chi connectivity index (χ3n) is 3.92. The van der Waals surface area contributed by atoms with Crippen LogP contribution in [0, 0.1) is 0 Å². The molecule has 0 aliphatic heterocycles. The fourth-order valence-corrected chi connectivity index (χ4v) is 3.22. The van der Waals surface area contributed by atoms with Crippen LogP contribution in [0.4, 0.5) is 0 Å². The molecule has 1 atom stereocenters. The molecule has 19 heavy (non-hydrogen) atoms. The number of amides is 1. The maximum absolute atomic E-state index is 12.6. The molecule has 1 amide bonds. The number of halogens is 1. The zero-order valence-corrected chi connectivity index (χ0v) is 12.7. The Morgan fingerprint density at radius 2 is 2.16 bits per heavy atom. The third-order valence-corrected chi connectivity index (χ3v) is 4.41. The molecule has 0 heterocycles. The van der Waals surface area contributed by atoms with E-state index in [4.69, 9.17) is 5.11 Å². The Morgan fingerprint density at radius 3 is 2.74 bits per heavy atom. The van der Waals surface area contributed by atoms with Crippen molar-refractivity contribution in [2.45, 2.75) is 44.1 Å². The van der Waals surface area contributed by atoms with Crippen molar-refractivity contribution in [3.05, 3.63) is 34.3 Å². The van der Waals surface area contributed by atoms with Crippen LogP contribution < -0.4 is 5.32 Å². The molecule has 0 spiro atoms. The lowest BCUT2D eigenvalue weighted by Crippen LogP contribution is -2.47. The monoisotopic (exact) mass is 325 g/mol. The Balaban J connectivity index is 2.30. The Bertz CT molecular complexity index is 455. The third kappa shape index (κ3) is 3.00. The first-order chi connectivity index (χ1) is 9.08. The van der Waals surface area contributed by atoms with Crippen LogP contribution in [0.5, 0.6) is 0 Å². The molecular formula is C15H20BrNO2. The first-order valence-electron chi connectivity index (χ1n) is 6.76. The normalized spacial score (nSPS) is 19.1. The second-order valence-corrected chi connectivity index (χ2v) is 6.27. The predicted octanol–water partition coefficient (Wildman–Crippen LogP) is 2.76. The topological polar surface area (TPSA) is 49.3 Å². The van der Waals surface area contributed by atoms with Crippen LogP contribution in [-0.4, -0.2) is 23.7 Å². The lowest BCUT2D eigenvalue weighted by atomic mass is 9.78. The van der Waals surface area contributed by atoms with Gasteiger partial charge in [-0.15, -0.1) is 0 Å². The molecule has 1 aromatic rings. The molecule has 1 saturated carbocycles. The van der Waals surface area contributed by atoms with Gasteiger partial charge in [-0.3, -0.25) is 4.79 Å². The van der Waals surface area contributed by atoms with E-state index < -0.39 is 5.41 Å². The van der Waals surface area contributed by atoms with E-state index in [-0.39, 0.29) is 18.6 Å². The summed E-state index contributed by atoms with van der Waals surface area (Å²) in [6.45, 7) is 1.79. The summed E-state index contributed by atoms with van der Waals surface area (Å²) in [7, 11) is 0. The molecule has 4 heteroatoms. The molecule has 0 saturated heterocycles. The Hall–Kier alpha value is -0.870. The van der Waals surface area contributed by atoms with Crippen molar-refractivity contribution in [3.63, 3.8) is 0 Å². The summed E-state index contributed by atoms with van der Waals surface area (Å²) < 4.78 is 0.999. The molecule has 1 aliphatic rings. The van der Waals surface area contributed by atoms with Gasteiger partial charge in [0.2, 0.25) is 5.91 Å². The number of carbonyl (C=O) groups excluding carboxylic acids is 1. The number of hydrogen-bond acceptors (Lipinski definition) is 2. The number of benzene rings is 1. The van der Waals surface area contributed by atoms with Gasteiger partial charge in [-0.05, 0) is 37.5 Å². The molecule has 2 rings (SSSR count). The van der Waals surface area contributed by atoms with Gasteiger partial charge in [-0.2, -0.15) is 0 Å². The molecule has 3 nitrogen and oxygen atoms in total. The van der Waals surface area contributed by atoms with Gasteiger partial charge >= 0.3 is 0 Å². The minimum atomic E-state index is -0.423. The highest BCUT2D eigenvalue weighted by Gasteiger charge is 2.42. The first kappa shape index (κ1) is 14.5. The highest BCUT2D eigenvalue weighted by atomic mass is 79.9. The van der Waals surface area contributed by atoms with Crippen molar-refractivity contribution in [2.75, 3.05) is 6.61 Å². The summed E-state index contributed by atoms with van der Waals surface area (Å²) in [5.74, 6) is 0.0460. The summed E-state index contributed by atoms with van der Waals surface area (Å²) in [5, 5.41) is 12.0. The van der Waals surface area contributed by atoms with Gasteiger partial charge in [0.05, 0.1) is 12.0 Å². The second-order valence-electron chi connectivity index (χ2n) is 5.36. The average Bonchev–Trinajstić information content (AvgIpc) is 2.89. The molecule has 1 unspecified atom stereocenters. The smallest absolute Gasteiger partial charge is 0.230 e. The summed E-state index contributed by atoms with van der Waals surface area (Å²) in [6, 6.07) is 7.81. The molecule has 2 N–H and O–H groups in total. The van der Waals surface area contributed by atoms with E-state index in [0.29, 0.717) is 0 Å². The van der Waals surface area contributed by atoms with E-state index in [1.54, 1.807) is 0 Å². The van der Waals surface area contributed by atoms with Gasteiger partial charge in [0.1, 0.15) is 0 Å². The number of aliphatic hydroxyl groups is 1. The minimum Gasteiger partial charge on any atom is -0.394 e. The van der Waals surface area contributed by atoms with Crippen molar-refractivity contribution in [1.29, 1.82) is 0 Å². The fraction of sp³-hybridized carbons (Fsp3) is 0.533. The first-order valence-corrected chi connectivity index (χ1v) is 7.56. The van der Waals surface area contributed by atoms with E-state index in [9.17, 15) is 4.79 Å². The zero-order chi connectivity index (χ0) is 13.9. The number of carbonyl (C=O) groups is 1. The van der Waals surface area contributed by atoms with E-state index in [2.05, 4.69) is 21.2 Å². The van der Waals surface area contributed by atoms with E-state index >= 15 is 0 Å². The van der Waals surface area contributed by atoms with Gasteiger partial charge in [0.15, 0.2) is 0 Å². The van der Waals surface area contributed by atoms with Gasteiger partial charge < -0.3 is 10.4 Å². The predicted molar refractivity (Wildman–Crippen MR) is 79.0 cm³/mol. The summed E-state index contributed by atoms with van der Waals surface area (Å²) in [5.41, 5.74) is 0.648. The van der Waals surface area contributed by atoms with Crippen molar-refractivity contribution in [1.82, 2.24) is 5.32 Å².